The second-order valence-electron chi connectivity index (χ2n) is 6.18. The number of aromatic amines is 1. The van der Waals surface area contributed by atoms with Gasteiger partial charge in [-0.2, -0.15) is 0 Å². The van der Waals surface area contributed by atoms with Crippen LogP contribution in [0.25, 0.3) is 11.0 Å². The summed E-state index contributed by atoms with van der Waals surface area (Å²) in [5.41, 5.74) is 3.30. The number of nitrogens with one attached hydrogen (secondary N) is 2. The second-order valence-corrected chi connectivity index (χ2v) is 6.18. The first-order valence-corrected chi connectivity index (χ1v) is 7.96. The minimum absolute atomic E-state index is 0.226. The van der Waals surface area contributed by atoms with Crippen LogP contribution in [-0.4, -0.2) is 15.5 Å². The van der Waals surface area contributed by atoms with Crippen molar-refractivity contribution in [1.82, 2.24) is 9.55 Å². The number of anilines is 1. The zero-order chi connectivity index (χ0) is 18.1. The molecule has 0 aliphatic rings. The van der Waals surface area contributed by atoms with Crippen molar-refractivity contribution in [3.63, 3.8) is 0 Å². The molecule has 0 bridgehead atoms. The minimum Gasteiger partial charge on any atom is -0.324 e. The van der Waals surface area contributed by atoms with Crippen molar-refractivity contribution in [3.8, 4) is 0 Å². The summed E-state index contributed by atoms with van der Waals surface area (Å²) in [5.74, 6) is -0.354. The number of amides is 1. The van der Waals surface area contributed by atoms with Gasteiger partial charge in [-0.05, 0) is 44.0 Å². The van der Waals surface area contributed by atoms with Crippen LogP contribution in [0.2, 0.25) is 0 Å². The summed E-state index contributed by atoms with van der Waals surface area (Å²) in [7, 11) is 0. The van der Waals surface area contributed by atoms with Crippen molar-refractivity contribution in [2.45, 2.75) is 27.3 Å². The summed E-state index contributed by atoms with van der Waals surface area (Å²) < 4.78 is 1.20. The lowest BCUT2D eigenvalue weighted by Crippen LogP contribution is -2.38. The molecule has 1 heterocycles. The van der Waals surface area contributed by atoms with Crippen LogP contribution >= 0.6 is 0 Å². The summed E-state index contributed by atoms with van der Waals surface area (Å²) in [6, 6.07) is 10.9. The largest absolute Gasteiger partial charge is 0.324 e. The molecule has 25 heavy (non-hydrogen) atoms. The van der Waals surface area contributed by atoms with Crippen LogP contribution in [0.4, 0.5) is 5.69 Å². The van der Waals surface area contributed by atoms with Crippen LogP contribution in [0.3, 0.4) is 0 Å². The molecule has 1 amide bonds. The van der Waals surface area contributed by atoms with E-state index in [1.54, 1.807) is 24.3 Å². The van der Waals surface area contributed by atoms with Crippen LogP contribution in [-0.2, 0) is 11.3 Å². The van der Waals surface area contributed by atoms with Gasteiger partial charge in [0.05, 0.1) is 11.0 Å². The molecule has 0 unspecified atom stereocenters. The number of aromatic nitrogens is 2. The molecule has 128 valence electrons. The molecule has 2 N–H and O–H groups in total. The van der Waals surface area contributed by atoms with Crippen molar-refractivity contribution in [1.29, 1.82) is 0 Å². The summed E-state index contributed by atoms with van der Waals surface area (Å²) >= 11 is 0. The standard InChI is InChI=1S/C19H19N3O3/c1-11-8-12(2)17(13(3)9-11)21-16(23)10-22-15-7-5-4-6-14(15)20-18(24)19(22)25/h4-9H,10H2,1-3H3,(H,20,24)(H,21,23). The molecule has 3 rings (SSSR count). The Kier molecular flexibility index (Phi) is 4.27. The van der Waals surface area contributed by atoms with E-state index in [0.717, 1.165) is 22.4 Å². The average molecular weight is 337 g/mol. The van der Waals surface area contributed by atoms with E-state index >= 15 is 0 Å². The third-order valence-corrected chi connectivity index (χ3v) is 4.13. The molecule has 6 heteroatoms. The monoisotopic (exact) mass is 337 g/mol. The highest BCUT2D eigenvalue weighted by Gasteiger charge is 2.13. The number of hydrogen-bond acceptors (Lipinski definition) is 3. The fraction of sp³-hybridized carbons (Fsp3) is 0.211. The van der Waals surface area contributed by atoms with E-state index in [2.05, 4.69) is 10.3 Å². The van der Waals surface area contributed by atoms with Crippen LogP contribution in [0, 0.1) is 20.8 Å². The van der Waals surface area contributed by atoms with Crippen molar-refractivity contribution < 1.29 is 4.79 Å². The summed E-state index contributed by atoms with van der Waals surface area (Å²) in [5, 5.41) is 2.85. The zero-order valence-electron chi connectivity index (χ0n) is 14.3. The molecule has 3 aromatic rings. The number of carbonyl (C=O) groups is 1. The van der Waals surface area contributed by atoms with E-state index in [4.69, 9.17) is 0 Å². The molecule has 0 saturated carbocycles. The zero-order valence-corrected chi connectivity index (χ0v) is 14.3. The normalized spacial score (nSPS) is 10.8. The summed E-state index contributed by atoms with van der Waals surface area (Å²) in [6.45, 7) is 5.61. The molecule has 6 nitrogen and oxygen atoms in total. The SMILES string of the molecule is Cc1cc(C)c(NC(=O)Cn2c(=O)c(=O)[nH]c3ccccc32)c(C)c1. The van der Waals surface area contributed by atoms with Gasteiger partial charge >= 0.3 is 11.1 Å². The number of fused-ring (bicyclic) bond motifs is 1. The topological polar surface area (TPSA) is 84.0 Å². The highest BCUT2D eigenvalue weighted by atomic mass is 16.2. The maximum Gasteiger partial charge on any atom is 0.317 e. The van der Waals surface area contributed by atoms with Crippen LogP contribution in [0.15, 0.2) is 46.0 Å². The van der Waals surface area contributed by atoms with E-state index in [1.165, 1.54) is 4.57 Å². The summed E-state index contributed by atoms with van der Waals surface area (Å²) in [4.78, 5) is 39.0. The van der Waals surface area contributed by atoms with E-state index in [0.29, 0.717) is 11.0 Å². The molecule has 2 aromatic carbocycles. The van der Waals surface area contributed by atoms with Gasteiger partial charge in [-0.25, -0.2) is 0 Å². The lowest BCUT2D eigenvalue weighted by Gasteiger charge is -2.14. The van der Waals surface area contributed by atoms with Crippen molar-refractivity contribution in [2.75, 3.05) is 5.32 Å². The van der Waals surface area contributed by atoms with Gasteiger partial charge in [0.2, 0.25) is 5.91 Å². The first kappa shape index (κ1) is 16.7. The molecular formula is C19H19N3O3. The van der Waals surface area contributed by atoms with Gasteiger partial charge in [0, 0.05) is 5.69 Å². The second kappa shape index (κ2) is 6.39. The predicted octanol–water partition coefficient (Wildman–Crippen LogP) is 2.25. The lowest BCUT2D eigenvalue weighted by atomic mass is 10.1. The molecular weight excluding hydrogens is 318 g/mol. The van der Waals surface area contributed by atoms with Gasteiger partial charge in [0.25, 0.3) is 0 Å². The molecule has 0 aliphatic carbocycles. The Hall–Kier alpha value is -3.15. The average Bonchev–Trinajstić information content (AvgIpc) is 2.55. The fourth-order valence-corrected chi connectivity index (χ4v) is 3.08. The molecule has 0 fully saturated rings. The number of benzene rings is 2. The molecule has 0 saturated heterocycles. The molecule has 0 atom stereocenters. The van der Waals surface area contributed by atoms with Crippen LogP contribution < -0.4 is 16.4 Å². The maximum absolute atomic E-state index is 12.5. The number of carbonyl (C=O) groups excluding carboxylic acids is 1. The van der Waals surface area contributed by atoms with Gasteiger partial charge in [-0.15, -0.1) is 0 Å². The highest BCUT2D eigenvalue weighted by Crippen LogP contribution is 2.22. The first-order valence-electron chi connectivity index (χ1n) is 7.96. The van der Waals surface area contributed by atoms with Gasteiger partial charge in [0.15, 0.2) is 0 Å². The lowest BCUT2D eigenvalue weighted by molar-refractivity contribution is -0.116. The number of H-pyrrole nitrogens is 1. The number of nitrogens with zero attached hydrogens (tertiary/aromatic N) is 1. The summed E-state index contributed by atoms with van der Waals surface area (Å²) in [6.07, 6.45) is 0. The fourth-order valence-electron chi connectivity index (χ4n) is 3.08. The number of para-hydroxylation sites is 2. The van der Waals surface area contributed by atoms with E-state index in [1.807, 2.05) is 32.9 Å². The van der Waals surface area contributed by atoms with Gasteiger partial charge in [0.1, 0.15) is 6.54 Å². The quantitative estimate of drug-likeness (QED) is 0.719. The van der Waals surface area contributed by atoms with Crippen LogP contribution in [0.1, 0.15) is 16.7 Å². The Labute approximate surface area is 144 Å². The highest BCUT2D eigenvalue weighted by molar-refractivity contribution is 5.93. The Morgan fingerprint density at radius 1 is 1.08 bits per heavy atom. The maximum atomic E-state index is 12.5. The molecule has 0 radical (unpaired) electrons. The molecule has 0 aliphatic heterocycles. The van der Waals surface area contributed by atoms with Crippen molar-refractivity contribution in [2.24, 2.45) is 0 Å². The van der Waals surface area contributed by atoms with Crippen molar-refractivity contribution >= 4 is 22.6 Å². The molecule has 0 spiro atoms. The first-order chi connectivity index (χ1) is 11.9. The Balaban J connectivity index is 1.97. The van der Waals surface area contributed by atoms with Crippen molar-refractivity contribution in [3.05, 3.63) is 73.8 Å². The number of aryl methyl sites for hydroxylation is 3. The van der Waals surface area contributed by atoms with E-state index < -0.39 is 11.1 Å². The predicted molar refractivity (Wildman–Crippen MR) is 98.1 cm³/mol. The Morgan fingerprint density at radius 2 is 1.72 bits per heavy atom. The third kappa shape index (κ3) is 3.24. The van der Waals surface area contributed by atoms with Gasteiger partial charge in [-0.1, -0.05) is 29.8 Å². The Bertz CT molecular complexity index is 1070. The smallest absolute Gasteiger partial charge is 0.317 e. The number of rotatable bonds is 3. The van der Waals surface area contributed by atoms with Gasteiger partial charge in [-0.3, -0.25) is 19.0 Å². The van der Waals surface area contributed by atoms with E-state index in [9.17, 15) is 14.4 Å². The number of hydrogen-bond donors (Lipinski definition) is 2. The third-order valence-electron chi connectivity index (χ3n) is 4.13. The van der Waals surface area contributed by atoms with Gasteiger partial charge < -0.3 is 10.3 Å². The molecule has 1 aromatic heterocycles. The minimum atomic E-state index is -0.744. The van der Waals surface area contributed by atoms with Crippen LogP contribution in [0.5, 0.6) is 0 Å². The Morgan fingerprint density at radius 3 is 2.40 bits per heavy atom. The van der Waals surface area contributed by atoms with E-state index in [-0.39, 0.29) is 12.5 Å².